The third-order valence-electron chi connectivity index (χ3n) is 2.19. The molecule has 0 aliphatic heterocycles. The standard InChI is InChI=1S/C8H14Br2N4O3S/c1-13(4-6(9)5-17-3)18(15,16)8-7(10)11-12-14(8)2/h6H,4-5H2,1-3H3. The Labute approximate surface area is 123 Å². The van der Waals surface area contributed by atoms with Gasteiger partial charge in [0.05, 0.1) is 11.4 Å². The van der Waals surface area contributed by atoms with E-state index >= 15 is 0 Å². The first-order valence-electron chi connectivity index (χ1n) is 4.95. The molecule has 10 heteroatoms. The van der Waals surface area contributed by atoms with Crippen molar-refractivity contribution in [1.82, 2.24) is 19.3 Å². The van der Waals surface area contributed by atoms with Crippen molar-refractivity contribution in [2.75, 3.05) is 27.3 Å². The fourth-order valence-corrected chi connectivity index (χ4v) is 4.48. The minimum atomic E-state index is -3.63. The molecule has 0 spiro atoms. The summed E-state index contributed by atoms with van der Waals surface area (Å²) in [6.07, 6.45) is 0. The van der Waals surface area contributed by atoms with E-state index in [9.17, 15) is 8.42 Å². The van der Waals surface area contributed by atoms with E-state index in [4.69, 9.17) is 4.74 Å². The van der Waals surface area contributed by atoms with Gasteiger partial charge >= 0.3 is 0 Å². The predicted molar refractivity (Wildman–Crippen MR) is 73.1 cm³/mol. The van der Waals surface area contributed by atoms with Gasteiger partial charge in [-0.2, -0.15) is 4.31 Å². The van der Waals surface area contributed by atoms with Crippen LogP contribution in [0.4, 0.5) is 0 Å². The maximum atomic E-state index is 12.3. The number of aromatic nitrogens is 3. The normalized spacial score (nSPS) is 14.1. The minimum absolute atomic E-state index is 0.0297. The second-order valence-corrected chi connectivity index (χ2v) is 7.65. The summed E-state index contributed by atoms with van der Waals surface area (Å²) in [7, 11) is 0.954. The Morgan fingerprint density at radius 2 is 2.17 bits per heavy atom. The SMILES string of the molecule is COCC(Br)CN(C)S(=O)(=O)c1c(Br)nnn1C. The lowest BCUT2D eigenvalue weighted by Gasteiger charge is -2.19. The van der Waals surface area contributed by atoms with Crippen LogP contribution in [0.25, 0.3) is 0 Å². The van der Waals surface area contributed by atoms with Gasteiger partial charge in [0.1, 0.15) is 0 Å². The number of aryl methyl sites for hydroxylation is 1. The Morgan fingerprint density at radius 1 is 1.56 bits per heavy atom. The maximum absolute atomic E-state index is 12.3. The molecule has 18 heavy (non-hydrogen) atoms. The molecular formula is C8H14Br2N4O3S. The van der Waals surface area contributed by atoms with Gasteiger partial charge in [-0.1, -0.05) is 21.1 Å². The molecule has 0 fully saturated rings. The van der Waals surface area contributed by atoms with E-state index < -0.39 is 10.0 Å². The van der Waals surface area contributed by atoms with Gasteiger partial charge in [-0.3, -0.25) is 0 Å². The molecule has 7 nitrogen and oxygen atoms in total. The van der Waals surface area contributed by atoms with Crippen molar-refractivity contribution in [3.8, 4) is 0 Å². The van der Waals surface area contributed by atoms with Crippen LogP contribution in [0.15, 0.2) is 9.63 Å². The van der Waals surface area contributed by atoms with E-state index in [0.717, 1.165) is 0 Å². The number of hydrogen-bond donors (Lipinski definition) is 0. The van der Waals surface area contributed by atoms with Crippen LogP contribution in [0.5, 0.6) is 0 Å². The van der Waals surface area contributed by atoms with Crippen LogP contribution in [0.1, 0.15) is 0 Å². The van der Waals surface area contributed by atoms with Crippen LogP contribution in [-0.4, -0.2) is 59.9 Å². The molecule has 1 rings (SSSR count). The van der Waals surface area contributed by atoms with Gasteiger partial charge in [-0.05, 0) is 15.9 Å². The molecule has 1 unspecified atom stereocenters. The maximum Gasteiger partial charge on any atom is 0.262 e. The molecule has 0 aromatic carbocycles. The number of hydrogen-bond acceptors (Lipinski definition) is 5. The highest BCUT2D eigenvalue weighted by atomic mass is 79.9. The second kappa shape index (κ2) is 6.42. The minimum Gasteiger partial charge on any atom is -0.383 e. The lowest BCUT2D eigenvalue weighted by molar-refractivity contribution is 0.195. The van der Waals surface area contributed by atoms with Gasteiger partial charge in [-0.15, -0.1) is 5.10 Å². The van der Waals surface area contributed by atoms with Crippen molar-refractivity contribution in [3.05, 3.63) is 4.60 Å². The molecule has 1 aromatic heterocycles. The number of ether oxygens (including phenoxy) is 1. The summed E-state index contributed by atoms with van der Waals surface area (Å²) in [4.78, 5) is -0.0813. The predicted octanol–water partition coefficient (Wildman–Crippen LogP) is 0.608. The Morgan fingerprint density at radius 3 is 2.61 bits per heavy atom. The topological polar surface area (TPSA) is 77.3 Å². The van der Waals surface area contributed by atoms with E-state index in [-0.39, 0.29) is 21.0 Å². The lowest BCUT2D eigenvalue weighted by atomic mass is 10.4. The van der Waals surface area contributed by atoms with E-state index in [0.29, 0.717) is 6.61 Å². The lowest BCUT2D eigenvalue weighted by Crippen LogP contribution is -2.34. The molecule has 104 valence electrons. The second-order valence-electron chi connectivity index (χ2n) is 3.65. The molecule has 0 radical (unpaired) electrons. The number of rotatable bonds is 6. The highest BCUT2D eigenvalue weighted by molar-refractivity contribution is 9.10. The van der Waals surface area contributed by atoms with Gasteiger partial charge in [0.15, 0.2) is 4.60 Å². The summed E-state index contributed by atoms with van der Waals surface area (Å²) < 4.78 is 32.2. The fourth-order valence-electron chi connectivity index (χ4n) is 1.35. The molecule has 0 amide bonds. The zero-order valence-electron chi connectivity index (χ0n) is 10.2. The van der Waals surface area contributed by atoms with Crippen LogP contribution < -0.4 is 0 Å². The first-order chi connectivity index (χ1) is 8.30. The summed E-state index contributed by atoms with van der Waals surface area (Å²) >= 11 is 6.43. The number of halogens is 2. The van der Waals surface area contributed by atoms with Gasteiger partial charge < -0.3 is 4.74 Å². The zero-order chi connectivity index (χ0) is 13.9. The summed E-state index contributed by atoms with van der Waals surface area (Å²) in [6.45, 7) is 0.707. The molecule has 1 atom stereocenters. The zero-order valence-corrected chi connectivity index (χ0v) is 14.2. The average molecular weight is 406 g/mol. The Kier molecular flexibility index (Phi) is 5.71. The molecule has 0 bridgehead atoms. The van der Waals surface area contributed by atoms with Crippen molar-refractivity contribution in [1.29, 1.82) is 0 Å². The molecule has 0 aliphatic rings. The van der Waals surface area contributed by atoms with Crippen molar-refractivity contribution >= 4 is 41.9 Å². The number of methoxy groups -OCH3 is 1. The van der Waals surface area contributed by atoms with Gasteiger partial charge in [0.25, 0.3) is 10.0 Å². The number of nitrogens with zero attached hydrogens (tertiary/aromatic N) is 4. The van der Waals surface area contributed by atoms with Crippen LogP contribution >= 0.6 is 31.9 Å². The summed E-state index contributed by atoms with van der Waals surface area (Å²) in [6, 6.07) is 0. The number of sulfonamides is 1. The summed E-state index contributed by atoms with van der Waals surface area (Å²) in [5, 5.41) is 7.36. The molecule has 0 aliphatic carbocycles. The van der Waals surface area contributed by atoms with Crippen LogP contribution in [0.3, 0.4) is 0 Å². The number of alkyl halides is 1. The fraction of sp³-hybridized carbons (Fsp3) is 0.750. The van der Waals surface area contributed by atoms with Gasteiger partial charge in [0.2, 0.25) is 5.03 Å². The van der Waals surface area contributed by atoms with Crippen LogP contribution in [-0.2, 0) is 21.8 Å². The third kappa shape index (κ3) is 3.50. The Balaban J connectivity index is 2.94. The molecule has 1 aromatic rings. The smallest absolute Gasteiger partial charge is 0.262 e. The highest BCUT2D eigenvalue weighted by Crippen LogP contribution is 2.21. The third-order valence-corrected chi connectivity index (χ3v) is 5.46. The Bertz CT molecular complexity index is 485. The summed E-state index contributed by atoms with van der Waals surface area (Å²) in [5.41, 5.74) is 0. The van der Waals surface area contributed by atoms with Crippen molar-refractivity contribution < 1.29 is 13.2 Å². The van der Waals surface area contributed by atoms with Gasteiger partial charge in [0, 0.05) is 27.7 Å². The van der Waals surface area contributed by atoms with Gasteiger partial charge in [-0.25, -0.2) is 13.1 Å². The first-order valence-corrected chi connectivity index (χ1v) is 8.10. The van der Waals surface area contributed by atoms with E-state index in [1.807, 2.05) is 0 Å². The van der Waals surface area contributed by atoms with E-state index in [2.05, 4.69) is 42.2 Å². The van der Waals surface area contributed by atoms with Crippen molar-refractivity contribution in [2.24, 2.45) is 7.05 Å². The van der Waals surface area contributed by atoms with Crippen molar-refractivity contribution in [2.45, 2.75) is 9.85 Å². The summed E-state index contributed by atoms with van der Waals surface area (Å²) in [5.74, 6) is 0. The highest BCUT2D eigenvalue weighted by Gasteiger charge is 2.29. The molecule has 0 saturated carbocycles. The Hall–Kier alpha value is -0.0300. The van der Waals surface area contributed by atoms with Crippen LogP contribution in [0, 0.1) is 0 Å². The molecular weight excluding hydrogens is 392 g/mol. The molecule has 0 N–H and O–H groups in total. The average Bonchev–Trinajstić information content (AvgIpc) is 2.59. The van der Waals surface area contributed by atoms with E-state index in [1.165, 1.54) is 23.1 Å². The van der Waals surface area contributed by atoms with E-state index in [1.54, 1.807) is 7.11 Å². The molecule has 0 saturated heterocycles. The molecule has 1 heterocycles. The van der Waals surface area contributed by atoms with Crippen LogP contribution in [0.2, 0.25) is 0 Å². The first kappa shape index (κ1) is 16.0. The monoisotopic (exact) mass is 404 g/mol. The van der Waals surface area contributed by atoms with Crippen molar-refractivity contribution in [3.63, 3.8) is 0 Å². The largest absolute Gasteiger partial charge is 0.383 e. The quantitative estimate of drug-likeness (QED) is 0.648.